The van der Waals surface area contributed by atoms with E-state index in [4.69, 9.17) is 5.73 Å². The fraction of sp³-hybridized carbons (Fsp3) is 0.667. The fourth-order valence-corrected chi connectivity index (χ4v) is 2.36. The average Bonchev–Trinajstić information content (AvgIpc) is 2.75. The Bertz CT molecular complexity index is 349. The van der Waals surface area contributed by atoms with E-state index in [-0.39, 0.29) is 17.9 Å². The maximum Gasteiger partial charge on any atom is 0.224 e. The van der Waals surface area contributed by atoms with Crippen LogP contribution in [-0.4, -0.2) is 22.1 Å². The highest BCUT2D eigenvalue weighted by atomic mass is 16.1. The molecule has 2 unspecified atom stereocenters. The van der Waals surface area contributed by atoms with E-state index in [1.54, 1.807) is 12.4 Å². The molecule has 1 amide bonds. The Morgan fingerprint density at radius 1 is 1.47 bits per heavy atom. The van der Waals surface area contributed by atoms with Gasteiger partial charge >= 0.3 is 0 Å². The molecule has 0 spiro atoms. The number of nitrogens with one attached hydrogen (secondary N) is 2. The van der Waals surface area contributed by atoms with Gasteiger partial charge in [0.25, 0.3) is 0 Å². The highest BCUT2D eigenvalue weighted by molar-refractivity contribution is 5.79. The molecule has 1 aliphatic rings. The minimum atomic E-state index is -0.0237. The molecule has 2 atom stereocenters. The summed E-state index contributed by atoms with van der Waals surface area (Å²) in [6, 6.07) is 0.0156. The van der Waals surface area contributed by atoms with Gasteiger partial charge in [-0.25, -0.2) is 0 Å². The first-order valence-electron chi connectivity index (χ1n) is 6.28. The van der Waals surface area contributed by atoms with Crippen molar-refractivity contribution in [1.29, 1.82) is 0 Å². The molecular weight excluding hydrogens is 216 g/mol. The van der Waals surface area contributed by atoms with Crippen molar-refractivity contribution in [1.82, 2.24) is 15.5 Å². The van der Waals surface area contributed by atoms with Gasteiger partial charge in [0.2, 0.25) is 5.91 Å². The summed E-state index contributed by atoms with van der Waals surface area (Å²) in [6.45, 7) is 0.526. The summed E-state index contributed by atoms with van der Waals surface area (Å²) in [6.07, 6.45) is 8.83. The third kappa shape index (κ3) is 3.30. The molecule has 17 heavy (non-hydrogen) atoms. The number of rotatable bonds is 3. The zero-order chi connectivity index (χ0) is 12.1. The highest BCUT2D eigenvalue weighted by Crippen LogP contribution is 2.22. The van der Waals surface area contributed by atoms with E-state index in [0.717, 1.165) is 31.2 Å². The molecule has 94 valence electrons. The van der Waals surface area contributed by atoms with Crippen LogP contribution in [0.3, 0.4) is 0 Å². The Morgan fingerprint density at radius 3 is 3.06 bits per heavy atom. The van der Waals surface area contributed by atoms with Crippen molar-refractivity contribution in [2.75, 3.05) is 0 Å². The smallest absolute Gasteiger partial charge is 0.224 e. The SMILES string of the molecule is NC1CCCCCC1C(=O)NCc1cn[nH]c1. The molecule has 0 bridgehead atoms. The van der Waals surface area contributed by atoms with Gasteiger partial charge in [0.05, 0.1) is 12.1 Å². The monoisotopic (exact) mass is 236 g/mol. The van der Waals surface area contributed by atoms with E-state index in [2.05, 4.69) is 15.5 Å². The Morgan fingerprint density at radius 2 is 2.29 bits per heavy atom. The van der Waals surface area contributed by atoms with Gasteiger partial charge in [0.1, 0.15) is 0 Å². The number of H-pyrrole nitrogens is 1. The normalized spacial score (nSPS) is 25.2. The Kier molecular flexibility index (Phi) is 4.14. The van der Waals surface area contributed by atoms with Crippen molar-refractivity contribution in [2.45, 2.75) is 44.7 Å². The van der Waals surface area contributed by atoms with Gasteiger partial charge in [0.15, 0.2) is 0 Å². The van der Waals surface area contributed by atoms with Crippen molar-refractivity contribution in [2.24, 2.45) is 11.7 Å². The second-order valence-corrected chi connectivity index (χ2v) is 4.73. The largest absolute Gasteiger partial charge is 0.352 e. The van der Waals surface area contributed by atoms with Crippen molar-refractivity contribution in [3.63, 3.8) is 0 Å². The van der Waals surface area contributed by atoms with Crippen LogP contribution in [0.5, 0.6) is 0 Å². The van der Waals surface area contributed by atoms with E-state index in [9.17, 15) is 4.79 Å². The Hall–Kier alpha value is -1.36. The number of aromatic nitrogens is 2. The van der Waals surface area contributed by atoms with Gasteiger partial charge < -0.3 is 11.1 Å². The third-order valence-electron chi connectivity index (χ3n) is 3.43. The predicted octanol–water partition coefficient (Wildman–Crippen LogP) is 0.933. The van der Waals surface area contributed by atoms with Crippen LogP contribution >= 0.6 is 0 Å². The standard InChI is InChI=1S/C12H20N4O/c13-11-5-3-1-2-4-10(11)12(17)14-6-9-7-15-16-8-9/h7-8,10-11H,1-6,13H2,(H,14,17)(H,15,16). The average molecular weight is 236 g/mol. The summed E-state index contributed by atoms with van der Waals surface area (Å²) in [7, 11) is 0. The zero-order valence-electron chi connectivity index (χ0n) is 9.98. The molecule has 0 aliphatic heterocycles. The molecule has 2 rings (SSSR count). The molecule has 1 aliphatic carbocycles. The minimum Gasteiger partial charge on any atom is -0.352 e. The van der Waals surface area contributed by atoms with Crippen LogP contribution in [0.25, 0.3) is 0 Å². The molecule has 0 saturated heterocycles. The molecule has 0 aromatic carbocycles. The van der Waals surface area contributed by atoms with Gasteiger partial charge in [-0.05, 0) is 12.8 Å². The summed E-state index contributed by atoms with van der Waals surface area (Å²) >= 11 is 0. The van der Waals surface area contributed by atoms with Crippen molar-refractivity contribution < 1.29 is 4.79 Å². The summed E-state index contributed by atoms with van der Waals surface area (Å²) < 4.78 is 0. The van der Waals surface area contributed by atoms with Crippen molar-refractivity contribution in [3.05, 3.63) is 18.0 Å². The Labute approximate surface area is 101 Å². The van der Waals surface area contributed by atoms with Crippen LogP contribution in [0.15, 0.2) is 12.4 Å². The van der Waals surface area contributed by atoms with Gasteiger partial charge in [-0.3, -0.25) is 9.89 Å². The summed E-state index contributed by atoms with van der Waals surface area (Å²) in [4.78, 5) is 12.0. The fourth-order valence-electron chi connectivity index (χ4n) is 2.36. The molecule has 1 heterocycles. The van der Waals surface area contributed by atoms with Crippen LogP contribution in [0.2, 0.25) is 0 Å². The first kappa shape index (κ1) is 12.1. The van der Waals surface area contributed by atoms with E-state index >= 15 is 0 Å². The third-order valence-corrected chi connectivity index (χ3v) is 3.43. The predicted molar refractivity (Wildman–Crippen MR) is 65.0 cm³/mol. The number of carbonyl (C=O) groups is 1. The second kappa shape index (κ2) is 5.82. The van der Waals surface area contributed by atoms with Crippen LogP contribution in [-0.2, 0) is 11.3 Å². The van der Waals surface area contributed by atoms with Crippen LogP contribution in [0.4, 0.5) is 0 Å². The molecule has 1 fully saturated rings. The number of nitrogens with zero attached hydrogens (tertiary/aromatic N) is 1. The van der Waals surface area contributed by atoms with Gasteiger partial charge in [-0.15, -0.1) is 0 Å². The molecule has 1 aromatic heterocycles. The lowest BCUT2D eigenvalue weighted by atomic mass is 9.94. The van der Waals surface area contributed by atoms with E-state index in [1.165, 1.54) is 6.42 Å². The van der Waals surface area contributed by atoms with Gasteiger partial charge in [-0.1, -0.05) is 19.3 Å². The lowest BCUT2D eigenvalue weighted by Gasteiger charge is -2.20. The quantitative estimate of drug-likeness (QED) is 0.683. The molecular formula is C12H20N4O. The zero-order valence-corrected chi connectivity index (χ0v) is 9.98. The summed E-state index contributed by atoms with van der Waals surface area (Å²) in [5.74, 6) is 0.0602. The maximum absolute atomic E-state index is 12.0. The number of nitrogens with two attached hydrogens (primary N) is 1. The number of hydrogen-bond acceptors (Lipinski definition) is 3. The summed E-state index contributed by atoms with van der Waals surface area (Å²) in [5, 5.41) is 9.50. The lowest BCUT2D eigenvalue weighted by molar-refractivity contribution is -0.126. The van der Waals surface area contributed by atoms with Gasteiger partial charge in [-0.2, -0.15) is 5.10 Å². The van der Waals surface area contributed by atoms with E-state index < -0.39 is 0 Å². The van der Waals surface area contributed by atoms with Crippen molar-refractivity contribution >= 4 is 5.91 Å². The minimum absolute atomic E-state index is 0.0156. The highest BCUT2D eigenvalue weighted by Gasteiger charge is 2.26. The molecule has 1 saturated carbocycles. The van der Waals surface area contributed by atoms with Crippen LogP contribution in [0.1, 0.15) is 37.7 Å². The second-order valence-electron chi connectivity index (χ2n) is 4.73. The van der Waals surface area contributed by atoms with E-state index in [1.807, 2.05) is 0 Å². The molecule has 0 radical (unpaired) electrons. The molecule has 5 nitrogen and oxygen atoms in total. The molecule has 5 heteroatoms. The van der Waals surface area contributed by atoms with E-state index in [0.29, 0.717) is 6.54 Å². The Balaban J connectivity index is 1.85. The van der Waals surface area contributed by atoms with Crippen LogP contribution in [0, 0.1) is 5.92 Å². The first-order chi connectivity index (χ1) is 8.27. The van der Waals surface area contributed by atoms with Crippen LogP contribution < -0.4 is 11.1 Å². The van der Waals surface area contributed by atoms with Crippen molar-refractivity contribution in [3.8, 4) is 0 Å². The molecule has 1 aromatic rings. The number of hydrogen-bond donors (Lipinski definition) is 3. The molecule has 4 N–H and O–H groups in total. The maximum atomic E-state index is 12.0. The first-order valence-corrected chi connectivity index (χ1v) is 6.28. The number of carbonyl (C=O) groups excluding carboxylic acids is 1. The van der Waals surface area contributed by atoms with Gasteiger partial charge in [0, 0.05) is 24.3 Å². The topological polar surface area (TPSA) is 83.8 Å². The number of aromatic amines is 1. The summed E-state index contributed by atoms with van der Waals surface area (Å²) in [5.41, 5.74) is 7.04. The number of amides is 1. The lowest BCUT2D eigenvalue weighted by Crippen LogP contribution is -2.41.